The fourth-order valence-electron chi connectivity index (χ4n) is 4.02. The Morgan fingerprint density at radius 1 is 1.14 bits per heavy atom. The molecule has 7 heteroatoms. The van der Waals surface area contributed by atoms with Crippen molar-refractivity contribution >= 4 is 15.9 Å². The average molecular weight is 409 g/mol. The molecule has 1 aromatic rings. The molecule has 1 aliphatic heterocycles. The number of halogens is 1. The van der Waals surface area contributed by atoms with Crippen LogP contribution in [0.15, 0.2) is 40.8 Å². The van der Waals surface area contributed by atoms with Gasteiger partial charge in [-0.2, -0.15) is 4.31 Å². The number of hydrogen-bond donors (Lipinski definition) is 1. The Hall–Kier alpha value is -1.73. The number of nitrogens with zero attached hydrogens (tertiary/aromatic N) is 1. The first kappa shape index (κ1) is 21.0. The first-order valence-corrected chi connectivity index (χ1v) is 11.6. The standard InChI is InChI=1S/C21H29FN2O3S/c22-18-9-11-20(12-10-18)28(26,27)24-15-5-4-8-19(24)16-21(25)23-14-13-17-6-2-1-3-7-17/h6,9-12,19H,1-5,7-8,13-16H2,(H,23,25)/t19-/m0/s1. The molecule has 1 aromatic carbocycles. The van der Waals surface area contributed by atoms with Crippen LogP contribution in [-0.4, -0.2) is 37.8 Å². The van der Waals surface area contributed by atoms with Crippen LogP contribution in [-0.2, 0) is 14.8 Å². The van der Waals surface area contributed by atoms with Gasteiger partial charge >= 0.3 is 0 Å². The minimum atomic E-state index is -3.73. The van der Waals surface area contributed by atoms with Gasteiger partial charge in [0.1, 0.15) is 5.82 Å². The number of hydrogen-bond acceptors (Lipinski definition) is 3. The molecule has 3 rings (SSSR count). The van der Waals surface area contributed by atoms with Crippen molar-refractivity contribution in [2.24, 2.45) is 0 Å². The van der Waals surface area contributed by atoms with Gasteiger partial charge in [-0.1, -0.05) is 18.1 Å². The number of carbonyl (C=O) groups is 1. The topological polar surface area (TPSA) is 66.5 Å². The summed E-state index contributed by atoms with van der Waals surface area (Å²) in [7, 11) is -3.73. The smallest absolute Gasteiger partial charge is 0.243 e. The van der Waals surface area contributed by atoms with Crippen LogP contribution in [0.4, 0.5) is 4.39 Å². The number of allylic oxidation sites excluding steroid dienone is 1. The fraction of sp³-hybridized carbons (Fsp3) is 0.571. The van der Waals surface area contributed by atoms with E-state index in [0.717, 1.165) is 44.2 Å². The maximum atomic E-state index is 13.2. The Balaban J connectivity index is 1.58. The second-order valence-corrected chi connectivity index (χ2v) is 9.52. The van der Waals surface area contributed by atoms with E-state index >= 15 is 0 Å². The number of piperidine rings is 1. The number of nitrogens with one attached hydrogen (secondary N) is 1. The van der Waals surface area contributed by atoms with Gasteiger partial charge in [-0.3, -0.25) is 4.79 Å². The van der Waals surface area contributed by atoms with Gasteiger partial charge < -0.3 is 5.32 Å². The van der Waals surface area contributed by atoms with Crippen LogP contribution in [0.3, 0.4) is 0 Å². The highest BCUT2D eigenvalue weighted by Gasteiger charge is 2.34. The molecule has 1 saturated heterocycles. The maximum absolute atomic E-state index is 13.2. The Bertz CT molecular complexity index is 805. The number of sulfonamides is 1. The molecule has 1 aliphatic carbocycles. The van der Waals surface area contributed by atoms with Crippen molar-refractivity contribution in [3.05, 3.63) is 41.7 Å². The lowest BCUT2D eigenvalue weighted by Gasteiger charge is -2.34. The van der Waals surface area contributed by atoms with Gasteiger partial charge in [0.25, 0.3) is 0 Å². The Kier molecular flexibility index (Phi) is 7.24. The van der Waals surface area contributed by atoms with Gasteiger partial charge in [0.15, 0.2) is 0 Å². The van der Waals surface area contributed by atoms with Gasteiger partial charge in [-0.05, 0) is 69.2 Å². The van der Waals surface area contributed by atoms with E-state index < -0.39 is 15.8 Å². The molecule has 0 saturated carbocycles. The summed E-state index contributed by atoms with van der Waals surface area (Å²) in [4.78, 5) is 12.5. The van der Waals surface area contributed by atoms with Crippen LogP contribution in [0.5, 0.6) is 0 Å². The molecule has 0 aromatic heterocycles. The van der Waals surface area contributed by atoms with Gasteiger partial charge in [0, 0.05) is 25.6 Å². The molecular weight excluding hydrogens is 379 g/mol. The first-order chi connectivity index (χ1) is 13.5. The molecule has 0 unspecified atom stereocenters. The highest BCUT2D eigenvalue weighted by atomic mass is 32.2. The number of rotatable bonds is 7. The van der Waals surface area contributed by atoms with Crippen molar-refractivity contribution in [2.75, 3.05) is 13.1 Å². The Morgan fingerprint density at radius 3 is 2.64 bits per heavy atom. The van der Waals surface area contributed by atoms with Gasteiger partial charge in [-0.25, -0.2) is 12.8 Å². The minimum Gasteiger partial charge on any atom is -0.356 e. The lowest BCUT2D eigenvalue weighted by molar-refractivity contribution is -0.122. The lowest BCUT2D eigenvalue weighted by Crippen LogP contribution is -2.46. The van der Waals surface area contributed by atoms with E-state index in [-0.39, 0.29) is 23.3 Å². The third-order valence-electron chi connectivity index (χ3n) is 5.57. The molecule has 1 heterocycles. The molecule has 28 heavy (non-hydrogen) atoms. The van der Waals surface area contributed by atoms with Gasteiger partial charge in [0.05, 0.1) is 4.90 Å². The second-order valence-electron chi connectivity index (χ2n) is 7.63. The molecule has 1 N–H and O–H groups in total. The fourth-order valence-corrected chi connectivity index (χ4v) is 5.71. The van der Waals surface area contributed by atoms with Crippen molar-refractivity contribution in [3.63, 3.8) is 0 Å². The second kappa shape index (κ2) is 9.65. The monoisotopic (exact) mass is 408 g/mol. The largest absolute Gasteiger partial charge is 0.356 e. The van der Waals surface area contributed by atoms with E-state index in [2.05, 4.69) is 11.4 Å². The predicted octanol–water partition coefficient (Wildman–Crippen LogP) is 3.77. The van der Waals surface area contributed by atoms with E-state index in [0.29, 0.717) is 19.5 Å². The number of amides is 1. The predicted molar refractivity (Wildman–Crippen MR) is 107 cm³/mol. The molecule has 1 fully saturated rings. The van der Waals surface area contributed by atoms with Crippen molar-refractivity contribution in [1.29, 1.82) is 0 Å². The summed E-state index contributed by atoms with van der Waals surface area (Å²) >= 11 is 0. The first-order valence-electron chi connectivity index (χ1n) is 10.2. The third kappa shape index (κ3) is 5.41. The normalized spacial score (nSPS) is 21.2. The molecule has 1 amide bonds. The van der Waals surface area contributed by atoms with Gasteiger partial charge in [-0.15, -0.1) is 0 Å². The molecular formula is C21H29FN2O3S. The van der Waals surface area contributed by atoms with Crippen LogP contribution in [0.25, 0.3) is 0 Å². The van der Waals surface area contributed by atoms with Crippen molar-refractivity contribution in [3.8, 4) is 0 Å². The van der Waals surface area contributed by atoms with Crippen molar-refractivity contribution in [2.45, 2.75) is 68.7 Å². The van der Waals surface area contributed by atoms with Crippen LogP contribution in [0, 0.1) is 5.82 Å². The zero-order valence-corrected chi connectivity index (χ0v) is 17.0. The summed E-state index contributed by atoms with van der Waals surface area (Å²) in [5.41, 5.74) is 1.41. The summed E-state index contributed by atoms with van der Waals surface area (Å²) in [5, 5.41) is 2.95. The van der Waals surface area contributed by atoms with E-state index in [4.69, 9.17) is 0 Å². The van der Waals surface area contributed by atoms with Gasteiger partial charge in [0.2, 0.25) is 15.9 Å². The summed E-state index contributed by atoms with van der Waals surface area (Å²) < 4.78 is 40.5. The highest BCUT2D eigenvalue weighted by Crippen LogP contribution is 2.27. The van der Waals surface area contributed by atoms with E-state index in [9.17, 15) is 17.6 Å². The SMILES string of the molecule is O=C(C[C@@H]1CCCCN1S(=O)(=O)c1ccc(F)cc1)NCCC1=CCCCC1. The highest BCUT2D eigenvalue weighted by molar-refractivity contribution is 7.89. The molecule has 0 radical (unpaired) electrons. The van der Waals surface area contributed by atoms with Crippen molar-refractivity contribution < 1.29 is 17.6 Å². The number of benzene rings is 1. The number of carbonyl (C=O) groups excluding carboxylic acids is 1. The maximum Gasteiger partial charge on any atom is 0.243 e. The van der Waals surface area contributed by atoms with Crippen LogP contribution in [0.1, 0.15) is 57.8 Å². The molecule has 154 valence electrons. The van der Waals surface area contributed by atoms with E-state index in [1.807, 2.05) is 0 Å². The van der Waals surface area contributed by atoms with Crippen molar-refractivity contribution in [1.82, 2.24) is 9.62 Å². The third-order valence-corrected chi connectivity index (χ3v) is 7.53. The van der Waals surface area contributed by atoms with Crippen LogP contribution < -0.4 is 5.32 Å². The molecule has 2 aliphatic rings. The summed E-state index contributed by atoms with van der Waals surface area (Å²) in [5.74, 6) is -0.579. The zero-order valence-electron chi connectivity index (χ0n) is 16.2. The Labute approximate surface area is 167 Å². The molecule has 1 atom stereocenters. The summed E-state index contributed by atoms with van der Waals surface area (Å²) in [6.45, 7) is 0.993. The van der Waals surface area contributed by atoms with E-state index in [1.165, 1.54) is 34.9 Å². The lowest BCUT2D eigenvalue weighted by atomic mass is 9.97. The van der Waals surface area contributed by atoms with Crippen LogP contribution >= 0.6 is 0 Å². The summed E-state index contributed by atoms with van der Waals surface area (Å²) in [6, 6.07) is 4.53. The average Bonchev–Trinajstić information content (AvgIpc) is 2.69. The Morgan fingerprint density at radius 2 is 1.93 bits per heavy atom. The quantitative estimate of drug-likeness (QED) is 0.699. The molecule has 0 bridgehead atoms. The molecule has 0 spiro atoms. The minimum absolute atomic E-state index is 0.0745. The van der Waals surface area contributed by atoms with Crippen LogP contribution in [0.2, 0.25) is 0 Å². The van der Waals surface area contributed by atoms with E-state index in [1.54, 1.807) is 0 Å². The zero-order chi connectivity index (χ0) is 20.0. The molecule has 5 nitrogen and oxygen atoms in total. The summed E-state index contributed by atoms with van der Waals surface area (Å²) in [6.07, 6.45) is 10.4.